The van der Waals surface area contributed by atoms with Gasteiger partial charge in [0.25, 0.3) is 0 Å². The van der Waals surface area contributed by atoms with Crippen LogP contribution in [0, 0.1) is 6.92 Å². The van der Waals surface area contributed by atoms with Gasteiger partial charge in [0, 0.05) is 23.8 Å². The highest BCUT2D eigenvalue weighted by atomic mass is 32.1. The predicted octanol–water partition coefficient (Wildman–Crippen LogP) is 3.03. The molecule has 2 rings (SSSR count). The van der Waals surface area contributed by atoms with Crippen molar-refractivity contribution in [2.24, 2.45) is 0 Å². The van der Waals surface area contributed by atoms with E-state index < -0.39 is 0 Å². The Labute approximate surface area is 95.4 Å². The summed E-state index contributed by atoms with van der Waals surface area (Å²) >= 11 is 1.82. The largest absolute Gasteiger partial charge is 0.396 e. The Balaban J connectivity index is 2.06. The molecule has 2 nitrogen and oxygen atoms in total. The van der Waals surface area contributed by atoms with Crippen LogP contribution in [0.15, 0.2) is 0 Å². The number of aliphatic hydroxyl groups excluding tert-OH is 1. The SMILES string of the molecule is Cc1sc(CCCO)nc1C1CCCC1. The molecule has 0 aliphatic heterocycles. The van der Waals surface area contributed by atoms with Crippen LogP contribution in [0.1, 0.15) is 53.6 Å². The molecule has 0 amide bonds. The molecule has 0 atom stereocenters. The second-order valence-electron chi connectivity index (χ2n) is 4.36. The van der Waals surface area contributed by atoms with E-state index in [0.29, 0.717) is 0 Å². The Morgan fingerprint density at radius 1 is 1.40 bits per heavy atom. The zero-order valence-corrected chi connectivity index (χ0v) is 10.1. The Hall–Kier alpha value is -0.410. The van der Waals surface area contributed by atoms with E-state index in [1.54, 1.807) is 0 Å². The molecular weight excluding hydrogens is 206 g/mol. The highest BCUT2D eigenvalue weighted by Crippen LogP contribution is 2.36. The molecule has 0 unspecified atom stereocenters. The topological polar surface area (TPSA) is 33.1 Å². The van der Waals surface area contributed by atoms with Crippen molar-refractivity contribution in [1.29, 1.82) is 0 Å². The lowest BCUT2D eigenvalue weighted by Crippen LogP contribution is -1.96. The maximum absolute atomic E-state index is 8.79. The summed E-state index contributed by atoms with van der Waals surface area (Å²) < 4.78 is 0. The summed E-state index contributed by atoms with van der Waals surface area (Å²) in [5.41, 5.74) is 1.35. The quantitative estimate of drug-likeness (QED) is 0.854. The van der Waals surface area contributed by atoms with E-state index in [1.807, 2.05) is 11.3 Å². The molecule has 1 aliphatic rings. The number of rotatable bonds is 4. The highest BCUT2D eigenvalue weighted by molar-refractivity contribution is 7.11. The van der Waals surface area contributed by atoms with E-state index in [1.165, 1.54) is 41.3 Å². The first kappa shape index (κ1) is 11.1. The van der Waals surface area contributed by atoms with Gasteiger partial charge >= 0.3 is 0 Å². The molecular formula is C12H19NOS. The lowest BCUT2D eigenvalue weighted by molar-refractivity contribution is 0.288. The third-order valence-electron chi connectivity index (χ3n) is 3.17. The van der Waals surface area contributed by atoms with Gasteiger partial charge in [-0.1, -0.05) is 12.8 Å². The average molecular weight is 225 g/mol. The monoisotopic (exact) mass is 225 g/mol. The van der Waals surface area contributed by atoms with Gasteiger partial charge in [-0.25, -0.2) is 4.98 Å². The number of thiazole rings is 1. The van der Waals surface area contributed by atoms with Gasteiger partial charge in [0.15, 0.2) is 0 Å². The highest BCUT2D eigenvalue weighted by Gasteiger charge is 2.21. The first-order valence-corrected chi connectivity index (χ1v) is 6.70. The zero-order valence-electron chi connectivity index (χ0n) is 9.33. The molecule has 3 heteroatoms. The summed E-state index contributed by atoms with van der Waals surface area (Å²) in [4.78, 5) is 6.13. The van der Waals surface area contributed by atoms with Gasteiger partial charge < -0.3 is 5.11 Å². The van der Waals surface area contributed by atoms with Gasteiger partial charge in [-0.15, -0.1) is 11.3 Å². The normalized spacial score (nSPS) is 17.5. The van der Waals surface area contributed by atoms with Crippen molar-refractivity contribution in [3.63, 3.8) is 0 Å². The van der Waals surface area contributed by atoms with Crippen LogP contribution in [0.2, 0.25) is 0 Å². The Morgan fingerprint density at radius 2 is 2.13 bits per heavy atom. The molecule has 0 saturated heterocycles. The molecule has 1 fully saturated rings. The minimum absolute atomic E-state index is 0.275. The van der Waals surface area contributed by atoms with Crippen LogP contribution in [0.4, 0.5) is 0 Å². The fraction of sp³-hybridized carbons (Fsp3) is 0.750. The first-order chi connectivity index (χ1) is 7.31. The number of hydrogen-bond acceptors (Lipinski definition) is 3. The van der Waals surface area contributed by atoms with Crippen LogP contribution < -0.4 is 0 Å². The molecule has 0 aromatic carbocycles. The third kappa shape index (κ3) is 2.58. The van der Waals surface area contributed by atoms with Gasteiger partial charge in [-0.05, 0) is 26.2 Å². The number of aliphatic hydroxyl groups is 1. The van der Waals surface area contributed by atoms with E-state index >= 15 is 0 Å². The average Bonchev–Trinajstić information content (AvgIpc) is 2.83. The number of hydrogen-bond donors (Lipinski definition) is 1. The smallest absolute Gasteiger partial charge is 0.0932 e. The molecule has 15 heavy (non-hydrogen) atoms. The van der Waals surface area contributed by atoms with Gasteiger partial charge in [-0.2, -0.15) is 0 Å². The molecule has 0 radical (unpaired) electrons. The molecule has 1 N–H and O–H groups in total. The van der Waals surface area contributed by atoms with Gasteiger partial charge in [0.05, 0.1) is 10.7 Å². The van der Waals surface area contributed by atoms with Crippen LogP contribution in [0.3, 0.4) is 0 Å². The first-order valence-electron chi connectivity index (χ1n) is 5.88. The van der Waals surface area contributed by atoms with Crippen LogP contribution in [0.25, 0.3) is 0 Å². The maximum Gasteiger partial charge on any atom is 0.0932 e. The van der Waals surface area contributed by atoms with Crippen LogP contribution >= 0.6 is 11.3 Å². The van der Waals surface area contributed by atoms with Crippen molar-refractivity contribution in [3.05, 3.63) is 15.6 Å². The molecule has 0 bridgehead atoms. The molecule has 0 spiro atoms. The van der Waals surface area contributed by atoms with Crippen molar-refractivity contribution in [3.8, 4) is 0 Å². The van der Waals surface area contributed by atoms with E-state index in [9.17, 15) is 0 Å². The van der Waals surface area contributed by atoms with Crippen LogP contribution in [-0.4, -0.2) is 16.7 Å². The van der Waals surface area contributed by atoms with Crippen molar-refractivity contribution >= 4 is 11.3 Å². The maximum atomic E-state index is 8.79. The summed E-state index contributed by atoms with van der Waals surface area (Å²) in [6, 6.07) is 0. The lowest BCUT2D eigenvalue weighted by atomic mass is 10.0. The third-order valence-corrected chi connectivity index (χ3v) is 4.21. The van der Waals surface area contributed by atoms with E-state index in [2.05, 4.69) is 6.92 Å². The zero-order chi connectivity index (χ0) is 10.7. The van der Waals surface area contributed by atoms with Crippen LogP contribution in [0.5, 0.6) is 0 Å². The second-order valence-corrected chi connectivity index (χ2v) is 5.65. The molecule has 1 aromatic heterocycles. The number of aromatic nitrogens is 1. The van der Waals surface area contributed by atoms with Crippen molar-refractivity contribution in [1.82, 2.24) is 4.98 Å². The Kier molecular flexibility index (Phi) is 3.76. The molecule has 1 saturated carbocycles. The van der Waals surface area contributed by atoms with E-state index in [-0.39, 0.29) is 6.61 Å². The predicted molar refractivity (Wildman–Crippen MR) is 63.5 cm³/mol. The second kappa shape index (κ2) is 5.08. The van der Waals surface area contributed by atoms with Gasteiger partial charge in [0.1, 0.15) is 0 Å². The molecule has 1 aliphatic carbocycles. The molecule has 1 aromatic rings. The summed E-state index contributed by atoms with van der Waals surface area (Å²) in [5.74, 6) is 0.726. The number of aryl methyl sites for hydroxylation is 2. The van der Waals surface area contributed by atoms with Gasteiger partial charge in [0.2, 0.25) is 0 Å². The Bertz CT molecular complexity index is 315. The standard InChI is InChI=1S/C12H19NOS/c1-9-12(10-5-2-3-6-10)13-11(15-9)7-4-8-14/h10,14H,2-8H2,1H3. The summed E-state index contributed by atoms with van der Waals surface area (Å²) in [6.07, 6.45) is 7.17. The van der Waals surface area contributed by atoms with Gasteiger partial charge in [-0.3, -0.25) is 0 Å². The lowest BCUT2D eigenvalue weighted by Gasteiger charge is -2.05. The summed E-state index contributed by atoms with van der Waals surface area (Å²) in [6.45, 7) is 2.46. The number of nitrogens with zero attached hydrogens (tertiary/aromatic N) is 1. The van der Waals surface area contributed by atoms with Crippen LogP contribution in [-0.2, 0) is 6.42 Å². The van der Waals surface area contributed by atoms with Crippen molar-refractivity contribution in [2.75, 3.05) is 6.61 Å². The fourth-order valence-corrected chi connectivity index (χ4v) is 3.44. The summed E-state index contributed by atoms with van der Waals surface area (Å²) in [5, 5.41) is 10.0. The molecule has 84 valence electrons. The van der Waals surface area contributed by atoms with E-state index in [4.69, 9.17) is 10.1 Å². The fourth-order valence-electron chi connectivity index (χ4n) is 2.38. The Morgan fingerprint density at radius 3 is 2.80 bits per heavy atom. The summed E-state index contributed by atoms with van der Waals surface area (Å²) in [7, 11) is 0. The molecule has 1 heterocycles. The van der Waals surface area contributed by atoms with E-state index in [0.717, 1.165) is 18.8 Å². The minimum atomic E-state index is 0.275. The van der Waals surface area contributed by atoms with Crippen molar-refractivity contribution < 1.29 is 5.11 Å². The van der Waals surface area contributed by atoms with Crippen molar-refractivity contribution in [2.45, 2.75) is 51.4 Å². The minimum Gasteiger partial charge on any atom is -0.396 e.